The third kappa shape index (κ3) is 4.58. The molecular formula is C24H23N5O. The minimum Gasteiger partial charge on any atom is -0.372 e. The number of pyridine rings is 1. The normalized spacial score (nSPS) is 13.4. The van der Waals surface area contributed by atoms with Crippen molar-refractivity contribution in [2.24, 2.45) is 0 Å². The molecule has 1 aromatic heterocycles. The molecule has 4 rings (SSSR count). The number of aromatic nitrogens is 1. The third-order valence-electron chi connectivity index (χ3n) is 5.17. The summed E-state index contributed by atoms with van der Waals surface area (Å²) >= 11 is 0. The monoisotopic (exact) mass is 397 g/mol. The van der Waals surface area contributed by atoms with Gasteiger partial charge in [0.25, 0.3) is 5.91 Å². The SMILES string of the molecule is N#Cc1ccccc1NC(=O)c1cncc(Nc2ccc(N3CCCCC3)cc2)c1. The number of nitrogens with one attached hydrogen (secondary N) is 2. The lowest BCUT2D eigenvalue weighted by Crippen LogP contribution is -2.29. The van der Waals surface area contributed by atoms with E-state index in [1.165, 1.54) is 31.1 Å². The molecule has 2 heterocycles. The first-order valence-electron chi connectivity index (χ1n) is 10.1. The van der Waals surface area contributed by atoms with E-state index in [1.807, 2.05) is 12.1 Å². The Morgan fingerprint density at radius 1 is 0.967 bits per heavy atom. The Morgan fingerprint density at radius 3 is 2.50 bits per heavy atom. The number of amides is 1. The van der Waals surface area contributed by atoms with Gasteiger partial charge in [-0.3, -0.25) is 9.78 Å². The lowest BCUT2D eigenvalue weighted by molar-refractivity contribution is 0.102. The summed E-state index contributed by atoms with van der Waals surface area (Å²) in [5.41, 5.74) is 4.21. The summed E-state index contributed by atoms with van der Waals surface area (Å²) in [6, 6.07) is 19.1. The molecular weight excluding hydrogens is 374 g/mol. The van der Waals surface area contributed by atoms with E-state index in [4.69, 9.17) is 0 Å². The van der Waals surface area contributed by atoms with Crippen LogP contribution in [0.25, 0.3) is 0 Å². The Bertz CT molecular complexity index is 1070. The first-order chi connectivity index (χ1) is 14.7. The average molecular weight is 397 g/mol. The van der Waals surface area contributed by atoms with E-state index < -0.39 is 0 Å². The molecule has 30 heavy (non-hydrogen) atoms. The molecule has 0 aliphatic carbocycles. The minimum absolute atomic E-state index is 0.311. The van der Waals surface area contributed by atoms with E-state index in [1.54, 1.807) is 36.5 Å². The highest BCUT2D eigenvalue weighted by atomic mass is 16.1. The molecule has 2 aromatic carbocycles. The van der Waals surface area contributed by atoms with Gasteiger partial charge in [0.05, 0.1) is 28.7 Å². The van der Waals surface area contributed by atoms with Crippen LogP contribution in [0.4, 0.5) is 22.7 Å². The van der Waals surface area contributed by atoms with Crippen molar-refractivity contribution in [1.29, 1.82) is 5.26 Å². The Balaban J connectivity index is 1.44. The summed E-state index contributed by atoms with van der Waals surface area (Å²) in [4.78, 5) is 19.2. The number of benzene rings is 2. The van der Waals surface area contributed by atoms with Crippen LogP contribution in [-0.4, -0.2) is 24.0 Å². The van der Waals surface area contributed by atoms with Crippen LogP contribution in [0.2, 0.25) is 0 Å². The highest BCUT2D eigenvalue weighted by Gasteiger charge is 2.12. The van der Waals surface area contributed by atoms with Crippen molar-refractivity contribution in [3.8, 4) is 6.07 Å². The van der Waals surface area contributed by atoms with Crippen LogP contribution >= 0.6 is 0 Å². The molecule has 6 nitrogen and oxygen atoms in total. The van der Waals surface area contributed by atoms with E-state index in [0.717, 1.165) is 24.5 Å². The molecule has 150 valence electrons. The van der Waals surface area contributed by atoms with Gasteiger partial charge in [0.15, 0.2) is 0 Å². The standard InChI is InChI=1S/C24H23N5O/c25-15-18-6-2-3-7-23(18)28-24(30)19-14-21(17-26-16-19)27-20-8-10-22(11-9-20)29-12-4-1-5-13-29/h2-3,6-11,14,16-17,27H,1,4-5,12-13H2,(H,28,30). The smallest absolute Gasteiger partial charge is 0.257 e. The van der Waals surface area contributed by atoms with Gasteiger partial charge in [-0.2, -0.15) is 5.26 Å². The van der Waals surface area contributed by atoms with Crippen molar-refractivity contribution in [2.45, 2.75) is 19.3 Å². The van der Waals surface area contributed by atoms with Gasteiger partial charge < -0.3 is 15.5 Å². The summed E-state index contributed by atoms with van der Waals surface area (Å²) < 4.78 is 0. The largest absolute Gasteiger partial charge is 0.372 e. The van der Waals surface area contributed by atoms with Gasteiger partial charge >= 0.3 is 0 Å². The summed E-state index contributed by atoms with van der Waals surface area (Å²) in [6.45, 7) is 2.23. The molecule has 1 saturated heterocycles. The summed E-state index contributed by atoms with van der Waals surface area (Å²) in [5.74, 6) is -0.311. The van der Waals surface area contributed by atoms with Gasteiger partial charge in [-0.1, -0.05) is 12.1 Å². The molecule has 0 atom stereocenters. The van der Waals surface area contributed by atoms with Gasteiger partial charge in [0.2, 0.25) is 0 Å². The number of nitrogens with zero attached hydrogens (tertiary/aromatic N) is 3. The first-order valence-corrected chi connectivity index (χ1v) is 10.1. The highest BCUT2D eigenvalue weighted by molar-refractivity contribution is 6.05. The van der Waals surface area contributed by atoms with Crippen LogP contribution in [-0.2, 0) is 0 Å². The molecule has 1 fully saturated rings. The molecule has 0 radical (unpaired) electrons. The second-order valence-electron chi connectivity index (χ2n) is 7.29. The average Bonchev–Trinajstić information content (AvgIpc) is 2.81. The molecule has 6 heteroatoms. The minimum atomic E-state index is -0.311. The zero-order valence-corrected chi connectivity index (χ0v) is 16.6. The zero-order valence-electron chi connectivity index (χ0n) is 16.6. The predicted molar refractivity (Wildman–Crippen MR) is 119 cm³/mol. The van der Waals surface area contributed by atoms with Crippen molar-refractivity contribution in [1.82, 2.24) is 4.98 Å². The Labute approximate surface area is 176 Å². The van der Waals surface area contributed by atoms with Crippen molar-refractivity contribution in [3.63, 3.8) is 0 Å². The van der Waals surface area contributed by atoms with Crippen molar-refractivity contribution >= 4 is 28.7 Å². The fourth-order valence-electron chi connectivity index (χ4n) is 3.59. The number of carbonyl (C=O) groups excluding carboxylic acids is 1. The maximum atomic E-state index is 12.6. The molecule has 0 bridgehead atoms. The number of piperidine rings is 1. The first kappa shape index (κ1) is 19.5. The molecule has 1 aliphatic heterocycles. The summed E-state index contributed by atoms with van der Waals surface area (Å²) in [6.07, 6.45) is 7.00. The number of anilines is 4. The molecule has 2 N–H and O–H groups in total. The Kier molecular flexibility index (Phi) is 5.90. The van der Waals surface area contributed by atoms with E-state index in [9.17, 15) is 10.1 Å². The topological polar surface area (TPSA) is 81.0 Å². The molecule has 1 amide bonds. The lowest BCUT2D eigenvalue weighted by atomic mass is 10.1. The van der Waals surface area contributed by atoms with Crippen LogP contribution < -0.4 is 15.5 Å². The van der Waals surface area contributed by atoms with Crippen molar-refractivity contribution in [3.05, 3.63) is 78.1 Å². The molecule has 0 spiro atoms. The number of carbonyl (C=O) groups is 1. The van der Waals surface area contributed by atoms with Crippen LogP contribution in [0.15, 0.2) is 67.0 Å². The van der Waals surface area contributed by atoms with Crippen LogP contribution in [0.1, 0.15) is 35.2 Å². The highest BCUT2D eigenvalue weighted by Crippen LogP contribution is 2.24. The maximum Gasteiger partial charge on any atom is 0.257 e. The second-order valence-corrected chi connectivity index (χ2v) is 7.29. The number of hydrogen-bond donors (Lipinski definition) is 2. The Hall–Kier alpha value is -3.85. The van der Waals surface area contributed by atoms with Crippen LogP contribution in [0.3, 0.4) is 0 Å². The second kappa shape index (κ2) is 9.10. The van der Waals surface area contributed by atoms with Gasteiger partial charge in [-0.05, 0) is 61.7 Å². The maximum absolute atomic E-state index is 12.6. The van der Waals surface area contributed by atoms with Gasteiger partial charge in [-0.25, -0.2) is 0 Å². The molecule has 3 aromatic rings. The third-order valence-corrected chi connectivity index (χ3v) is 5.17. The summed E-state index contributed by atoms with van der Waals surface area (Å²) in [7, 11) is 0. The zero-order chi connectivity index (χ0) is 20.8. The number of nitriles is 1. The fraction of sp³-hybridized carbons (Fsp3) is 0.208. The van der Waals surface area contributed by atoms with E-state index in [-0.39, 0.29) is 5.91 Å². The van der Waals surface area contributed by atoms with Crippen molar-refractivity contribution in [2.75, 3.05) is 28.6 Å². The quantitative estimate of drug-likeness (QED) is 0.637. The van der Waals surface area contributed by atoms with Gasteiger partial charge in [-0.15, -0.1) is 0 Å². The Morgan fingerprint density at radius 2 is 1.73 bits per heavy atom. The number of rotatable bonds is 5. The van der Waals surface area contributed by atoms with Crippen LogP contribution in [0, 0.1) is 11.3 Å². The number of para-hydroxylation sites is 1. The lowest BCUT2D eigenvalue weighted by Gasteiger charge is -2.28. The van der Waals surface area contributed by atoms with E-state index >= 15 is 0 Å². The fourth-order valence-corrected chi connectivity index (χ4v) is 3.59. The predicted octanol–water partition coefficient (Wildman–Crippen LogP) is 4.94. The number of hydrogen-bond acceptors (Lipinski definition) is 5. The summed E-state index contributed by atoms with van der Waals surface area (Å²) in [5, 5.41) is 15.3. The molecule has 1 aliphatic rings. The van der Waals surface area contributed by atoms with Gasteiger partial charge in [0, 0.05) is 30.7 Å². The van der Waals surface area contributed by atoms with E-state index in [0.29, 0.717) is 16.8 Å². The van der Waals surface area contributed by atoms with Gasteiger partial charge in [0.1, 0.15) is 6.07 Å². The molecule has 0 unspecified atom stereocenters. The van der Waals surface area contributed by atoms with Crippen molar-refractivity contribution < 1.29 is 4.79 Å². The van der Waals surface area contributed by atoms with E-state index in [2.05, 4.69) is 38.7 Å². The van der Waals surface area contributed by atoms with Crippen LogP contribution in [0.5, 0.6) is 0 Å². The molecule has 0 saturated carbocycles.